The number of aromatic amines is 1. The first-order valence-corrected chi connectivity index (χ1v) is 16.1. The number of benzene rings is 1. The second-order valence-corrected chi connectivity index (χ2v) is 12.6. The number of H-pyrrole nitrogens is 1. The SMILES string of the molecule is CCN(CC)C(=O)C1=C(C)N=c2s/c(=C\c3cc(Br)c(Sc4nc(C)cc(=O)[nH]4)o3)c(=O)n2[C@H]1c1cc(OC)ccc1OC. The number of aromatic nitrogens is 3. The second kappa shape index (κ2) is 13.0. The molecule has 4 aromatic rings. The van der Waals surface area contributed by atoms with E-state index in [0.29, 0.717) is 76.9 Å². The van der Waals surface area contributed by atoms with Gasteiger partial charge in [0.25, 0.3) is 17.0 Å². The summed E-state index contributed by atoms with van der Waals surface area (Å²) in [6.45, 7) is 8.34. The molecule has 1 N–H and O–H groups in total. The molecule has 1 aromatic carbocycles. The van der Waals surface area contributed by atoms with E-state index in [-0.39, 0.29) is 17.0 Å². The van der Waals surface area contributed by atoms with Gasteiger partial charge in [-0.05, 0) is 79.7 Å². The van der Waals surface area contributed by atoms with Gasteiger partial charge in [0.05, 0.1) is 34.5 Å². The number of furan rings is 1. The predicted octanol–water partition coefficient (Wildman–Crippen LogP) is 4.02. The van der Waals surface area contributed by atoms with Crippen LogP contribution in [0.15, 0.2) is 75.3 Å². The standard InChI is InChI=1S/C30H30BrN5O6S2/c1-7-35(8-2)27(39)24-16(4)33-30-36(25(24)19-12-17(40-5)9-10-21(19)41-6)26(38)22(43-30)14-18-13-20(31)28(42-18)44-29-32-15(3)11-23(37)34-29/h9-14,25H,7-8H2,1-6H3,(H,32,34,37)/b22-14-/t25-/m0/s1. The van der Waals surface area contributed by atoms with Gasteiger partial charge in [0.1, 0.15) is 23.3 Å². The Morgan fingerprint density at radius 2 is 1.93 bits per heavy atom. The number of fused-ring (bicyclic) bond motifs is 1. The number of nitrogens with zero attached hydrogens (tertiary/aromatic N) is 4. The molecule has 0 saturated heterocycles. The lowest BCUT2D eigenvalue weighted by Crippen LogP contribution is -2.43. The number of hydrogen-bond donors (Lipinski definition) is 1. The molecule has 1 aliphatic heterocycles. The fraction of sp³-hybridized carbons (Fsp3) is 0.300. The Hall–Kier alpha value is -3.88. The molecule has 0 bridgehead atoms. The van der Waals surface area contributed by atoms with Gasteiger partial charge in [0, 0.05) is 36.5 Å². The number of allylic oxidation sites excluding steroid dienone is 1. The quantitative estimate of drug-likeness (QED) is 0.259. The van der Waals surface area contributed by atoms with E-state index in [2.05, 4.69) is 25.9 Å². The van der Waals surface area contributed by atoms with Crippen molar-refractivity contribution in [2.75, 3.05) is 27.3 Å². The molecule has 1 atom stereocenters. The summed E-state index contributed by atoms with van der Waals surface area (Å²) in [4.78, 5) is 53.9. The summed E-state index contributed by atoms with van der Waals surface area (Å²) in [6.07, 6.45) is 1.64. The van der Waals surface area contributed by atoms with Crippen LogP contribution < -0.4 is 29.9 Å². The summed E-state index contributed by atoms with van der Waals surface area (Å²) in [7, 11) is 3.10. The molecule has 0 fully saturated rings. The first-order valence-electron chi connectivity index (χ1n) is 13.7. The Bertz CT molecular complexity index is 2020. The molecule has 230 valence electrons. The van der Waals surface area contributed by atoms with Crippen molar-refractivity contribution in [3.8, 4) is 11.5 Å². The Morgan fingerprint density at radius 1 is 1.18 bits per heavy atom. The average Bonchev–Trinajstić information content (AvgIpc) is 3.48. The minimum absolute atomic E-state index is 0.208. The van der Waals surface area contributed by atoms with Gasteiger partial charge in [0.15, 0.2) is 15.1 Å². The van der Waals surface area contributed by atoms with E-state index >= 15 is 0 Å². The molecule has 0 aliphatic carbocycles. The molecule has 0 spiro atoms. The fourth-order valence-electron chi connectivity index (χ4n) is 4.95. The maximum absolute atomic E-state index is 14.2. The number of rotatable bonds is 9. The van der Waals surface area contributed by atoms with Crippen LogP contribution in [0.1, 0.15) is 43.8 Å². The lowest BCUT2D eigenvalue weighted by atomic mass is 9.93. The first-order chi connectivity index (χ1) is 21.1. The van der Waals surface area contributed by atoms with Crippen molar-refractivity contribution in [1.82, 2.24) is 19.4 Å². The molecule has 3 aromatic heterocycles. The summed E-state index contributed by atoms with van der Waals surface area (Å²) in [6, 6.07) is 7.63. The number of halogens is 1. The third kappa shape index (κ3) is 6.06. The van der Waals surface area contributed by atoms with E-state index in [1.54, 1.807) is 63.3 Å². The van der Waals surface area contributed by atoms with Gasteiger partial charge in [-0.15, -0.1) is 0 Å². The van der Waals surface area contributed by atoms with Crippen LogP contribution in [0.3, 0.4) is 0 Å². The third-order valence-electron chi connectivity index (χ3n) is 7.02. The fourth-order valence-corrected chi connectivity index (χ4v) is 7.34. The number of carbonyl (C=O) groups is 1. The van der Waals surface area contributed by atoms with Gasteiger partial charge in [-0.25, -0.2) is 9.98 Å². The summed E-state index contributed by atoms with van der Waals surface area (Å²) in [5.41, 5.74) is 1.48. The molecule has 44 heavy (non-hydrogen) atoms. The number of amides is 1. The molecule has 1 aliphatic rings. The largest absolute Gasteiger partial charge is 0.497 e. The van der Waals surface area contributed by atoms with Gasteiger partial charge in [0.2, 0.25) is 0 Å². The molecule has 14 heteroatoms. The topological polar surface area (TPSA) is 132 Å². The van der Waals surface area contributed by atoms with E-state index in [1.165, 1.54) is 22.0 Å². The summed E-state index contributed by atoms with van der Waals surface area (Å²) >= 11 is 5.84. The molecule has 11 nitrogen and oxygen atoms in total. The highest BCUT2D eigenvalue weighted by Gasteiger charge is 2.36. The normalized spacial score (nSPS) is 14.8. The Kier molecular flexibility index (Phi) is 9.32. The van der Waals surface area contributed by atoms with E-state index < -0.39 is 6.04 Å². The van der Waals surface area contributed by atoms with Crippen molar-refractivity contribution in [3.63, 3.8) is 0 Å². The van der Waals surface area contributed by atoms with Crippen LogP contribution in [0.2, 0.25) is 0 Å². The second-order valence-electron chi connectivity index (χ2n) is 9.75. The van der Waals surface area contributed by atoms with Gasteiger partial charge in [-0.1, -0.05) is 11.3 Å². The Balaban J connectivity index is 1.67. The summed E-state index contributed by atoms with van der Waals surface area (Å²) in [5.74, 6) is 1.26. The molecule has 0 radical (unpaired) electrons. The molecule has 4 heterocycles. The molecular formula is C30H30BrN5O6S2. The number of methoxy groups -OCH3 is 2. The summed E-state index contributed by atoms with van der Waals surface area (Å²) < 4.78 is 19.8. The smallest absolute Gasteiger partial charge is 0.271 e. The maximum Gasteiger partial charge on any atom is 0.271 e. The number of carbonyl (C=O) groups excluding carboxylic acids is 1. The molecule has 5 rings (SSSR count). The monoisotopic (exact) mass is 699 g/mol. The van der Waals surface area contributed by atoms with Crippen molar-refractivity contribution < 1.29 is 18.7 Å². The predicted molar refractivity (Wildman–Crippen MR) is 171 cm³/mol. The minimum Gasteiger partial charge on any atom is -0.497 e. The van der Waals surface area contributed by atoms with E-state index in [0.717, 1.165) is 11.8 Å². The van der Waals surface area contributed by atoms with Crippen LogP contribution in [0, 0.1) is 6.92 Å². The van der Waals surface area contributed by atoms with Crippen LogP contribution in [0.25, 0.3) is 6.08 Å². The van der Waals surface area contributed by atoms with Crippen LogP contribution in [-0.4, -0.2) is 52.7 Å². The average molecular weight is 701 g/mol. The number of ether oxygens (including phenoxy) is 2. The maximum atomic E-state index is 14.2. The van der Waals surface area contributed by atoms with Crippen LogP contribution in [-0.2, 0) is 4.79 Å². The minimum atomic E-state index is -0.815. The summed E-state index contributed by atoms with van der Waals surface area (Å²) in [5, 5.41) is 0.837. The van der Waals surface area contributed by atoms with Gasteiger partial charge < -0.3 is 23.8 Å². The van der Waals surface area contributed by atoms with Crippen molar-refractivity contribution in [2.24, 2.45) is 4.99 Å². The zero-order valence-electron chi connectivity index (χ0n) is 24.9. The highest BCUT2D eigenvalue weighted by molar-refractivity contribution is 9.10. The number of nitrogens with one attached hydrogen (secondary N) is 1. The molecule has 0 unspecified atom stereocenters. The van der Waals surface area contributed by atoms with Crippen molar-refractivity contribution >= 4 is 51.0 Å². The number of hydrogen-bond acceptors (Lipinski definition) is 10. The highest BCUT2D eigenvalue weighted by atomic mass is 79.9. The van der Waals surface area contributed by atoms with Crippen molar-refractivity contribution in [3.05, 3.63) is 93.1 Å². The van der Waals surface area contributed by atoms with Gasteiger partial charge in [-0.3, -0.25) is 19.0 Å². The van der Waals surface area contributed by atoms with E-state index in [9.17, 15) is 14.4 Å². The zero-order chi connectivity index (χ0) is 31.7. The van der Waals surface area contributed by atoms with E-state index in [1.807, 2.05) is 13.8 Å². The van der Waals surface area contributed by atoms with E-state index in [4.69, 9.17) is 18.9 Å². The lowest BCUT2D eigenvalue weighted by Gasteiger charge is -2.30. The Labute approximate surface area is 269 Å². The lowest BCUT2D eigenvalue weighted by molar-refractivity contribution is -0.127. The zero-order valence-corrected chi connectivity index (χ0v) is 28.1. The van der Waals surface area contributed by atoms with Crippen molar-refractivity contribution in [1.29, 1.82) is 0 Å². The van der Waals surface area contributed by atoms with Crippen LogP contribution in [0.5, 0.6) is 11.5 Å². The highest BCUT2D eigenvalue weighted by Crippen LogP contribution is 2.38. The molecule has 1 amide bonds. The van der Waals surface area contributed by atoms with Gasteiger partial charge in [-0.2, -0.15) is 0 Å². The first kappa shape index (κ1) is 31.5. The number of thiazole rings is 1. The van der Waals surface area contributed by atoms with Crippen LogP contribution in [0.4, 0.5) is 0 Å². The number of likely N-dealkylation sites (N-methyl/N-ethyl adjacent to an activating group) is 1. The van der Waals surface area contributed by atoms with Gasteiger partial charge >= 0.3 is 0 Å². The van der Waals surface area contributed by atoms with Crippen LogP contribution >= 0.6 is 39.0 Å². The molecule has 0 saturated carbocycles. The Morgan fingerprint density at radius 3 is 2.59 bits per heavy atom. The van der Waals surface area contributed by atoms with Crippen molar-refractivity contribution in [2.45, 2.75) is 44.0 Å². The third-order valence-corrected chi connectivity index (χ3v) is 9.73. The molecular weight excluding hydrogens is 670 g/mol. The number of aryl methyl sites for hydroxylation is 1.